The fourth-order valence-corrected chi connectivity index (χ4v) is 2.96. The molecule has 5 heteroatoms. The average Bonchev–Trinajstić information content (AvgIpc) is 3.07. The second kappa shape index (κ2) is 5.11. The minimum Gasteiger partial charge on any atom is -0.287 e. The fourth-order valence-electron chi connectivity index (χ4n) is 1.83. The number of nitrogens with zero attached hydrogens (tertiary/aromatic N) is 2. The summed E-state index contributed by atoms with van der Waals surface area (Å²) in [6.07, 6.45) is 1.64. The van der Waals surface area contributed by atoms with Gasteiger partial charge in [-0.25, -0.2) is 4.68 Å². The highest BCUT2D eigenvalue weighted by molar-refractivity contribution is 9.11. The fraction of sp³-hybridized carbons (Fsp3) is 0. The van der Waals surface area contributed by atoms with Crippen molar-refractivity contribution in [2.45, 2.75) is 0 Å². The van der Waals surface area contributed by atoms with Crippen LogP contribution in [0.5, 0.6) is 0 Å². The third kappa shape index (κ3) is 2.39. The number of benzene rings is 1. The van der Waals surface area contributed by atoms with E-state index in [-0.39, 0.29) is 5.78 Å². The van der Waals surface area contributed by atoms with Crippen LogP contribution < -0.4 is 0 Å². The molecule has 3 rings (SSSR count). The van der Waals surface area contributed by atoms with Crippen LogP contribution in [0.1, 0.15) is 16.1 Å². The first-order chi connectivity index (χ1) is 9.25. The van der Waals surface area contributed by atoms with Gasteiger partial charge in [-0.1, -0.05) is 18.2 Å². The van der Waals surface area contributed by atoms with Crippen molar-refractivity contribution in [3.63, 3.8) is 0 Å². The first-order valence-electron chi connectivity index (χ1n) is 5.64. The summed E-state index contributed by atoms with van der Waals surface area (Å²) in [5, 5.41) is 6.07. The molecule has 0 radical (unpaired) electrons. The third-order valence-electron chi connectivity index (χ3n) is 2.71. The lowest BCUT2D eigenvalue weighted by Crippen LogP contribution is -2.09. The molecule has 0 bridgehead atoms. The van der Waals surface area contributed by atoms with Crippen molar-refractivity contribution in [1.82, 2.24) is 9.78 Å². The highest BCUT2D eigenvalue weighted by Gasteiger charge is 2.16. The lowest BCUT2D eigenvalue weighted by Gasteiger charge is -2.05. The predicted molar refractivity (Wildman–Crippen MR) is 79.0 cm³/mol. The van der Waals surface area contributed by atoms with Crippen LogP contribution in [0.2, 0.25) is 0 Å². The van der Waals surface area contributed by atoms with Gasteiger partial charge in [0.2, 0.25) is 5.78 Å². The van der Waals surface area contributed by atoms with Gasteiger partial charge in [-0.3, -0.25) is 4.79 Å². The number of carbonyl (C=O) groups is 1. The van der Waals surface area contributed by atoms with E-state index in [0.29, 0.717) is 11.3 Å². The second-order valence-corrected chi connectivity index (χ2v) is 6.22. The van der Waals surface area contributed by atoms with E-state index in [1.807, 2.05) is 41.8 Å². The van der Waals surface area contributed by atoms with Gasteiger partial charge in [0.25, 0.3) is 0 Å². The number of halogens is 1. The topological polar surface area (TPSA) is 34.9 Å². The summed E-state index contributed by atoms with van der Waals surface area (Å²) in [5.41, 5.74) is 2.12. The Morgan fingerprint density at radius 2 is 2.00 bits per heavy atom. The predicted octanol–water partition coefficient (Wildman–Crippen LogP) is 3.93. The van der Waals surface area contributed by atoms with Crippen molar-refractivity contribution >= 4 is 33.0 Å². The first kappa shape index (κ1) is 12.3. The standard InChI is InChI=1S/C14H9BrN2OS/c15-13-8-10(9-19-13)14(18)12-6-7-16-17(12)11-4-2-1-3-5-11/h1-9H. The number of hydrogen-bond donors (Lipinski definition) is 0. The maximum atomic E-state index is 12.4. The summed E-state index contributed by atoms with van der Waals surface area (Å²) in [4.78, 5) is 12.4. The molecule has 2 heterocycles. The Balaban J connectivity index is 2.03. The molecule has 0 aliphatic heterocycles. The van der Waals surface area contributed by atoms with Crippen molar-refractivity contribution in [2.24, 2.45) is 0 Å². The smallest absolute Gasteiger partial charge is 0.212 e. The quantitative estimate of drug-likeness (QED) is 0.681. The minimum atomic E-state index is -0.0247. The summed E-state index contributed by atoms with van der Waals surface area (Å²) >= 11 is 4.87. The van der Waals surface area contributed by atoms with E-state index in [1.54, 1.807) is 16.9 Å². The van der Waals surface area contributed by atoms with Gasteiger partial charge < -0.3 is 0 Å². The number of aromatic nitrogens is 2. The Hall–Kier alpha value is -1.72. The van der Waals surface area contributed by atoms with E-state index in [9.17, 15) is 4.79 Å². The largest absolute Gasteiger partial charge is 0.287 e. The van der Waals surface area contributed by atoms with E-state index in [2.05, 4.69) is 21.0 Å². The number of carbonyl (C=O) groups excluding carboxylic acids is 1. The molecule has 0 N–H and O–H groups in total. The molecule has 0 amide bonds. The molecule has 0 atom stereocenters. The van der Waals surface area contributed by atoms with Crippen LogP contribution in [0.4, 0.5) is 0 Å². The van der Waals surface area contributed by atoms with E-state index in [1.165, 1.54) is 11.3 Å². The molecule has 2 aromatic heterocycles. The molecular formula is C14H9BrN2OS. The van der Waals surface area contributed by atoms with Crippen molar-refractivity contribution in [1.29, 1.82) is 0 Å². The number of thiophene rings is 1. The zero-order valence-corrected chi connectivity index (χ0v) is 12.2. The Bertz CT molecular complexity index is 718. The normalized spacial score (nSPS) is 10.6. The van der Waals surface area contributed by atoms with Crippen molar-refractivity contribution < 1.29 is 4.79 Å². The summed E-state index contributed by atoms with van der Waals surface area (Å²) in [6.45, 7) is 0. The van der Waals surface area contributed by atoms with Gasteiger partial charge in [0.05, 0.1) is 15.7 Å². The van der Waals surface area contributed by atoms with E-state index in [4.69, 9.17) is 0 Å². The molecule has 0 aliphatic carbocycles. The Morgan fingerprint density at radius 3 is 2.68 bits per heavy atom. The van der Waals surface area contributed by atoms with E-state index < -0.39 is 0 Å². The molecule has 0 unspecified atom stereocenters. The molecule has 0 saturated carbocycles. The average molecular weight is 333 g/mol. The molecule has 94 valence electrons. The van der Waals surface area contributed by atoms with Crippen LogP contribution in [0.25, 0.3) is 5.69 Å². The van der Waals surface area contributed by atoms with Gasteiger partial charge in [0, 0.05) is 10.9 Å². The van der Waals surface area contributed by atoms with Gasteiger partial charge in [0.1, 0.15) is 5.69 Å². The number of rotatable bonds is 3. The highest BCUT2D eigenvalue weighted by Crippen LogP contribution is 2.23. The maximum absolute atomic E-state index is 12.4. The SMILES string of the molecule is O=C(c1csc(Br)c1)c1ccnn1-c1ccccc1. The van der Waals surface area contributed by atoms with Crippen LogP contribution in [0.15, 0.2) is 57.8 Å². The summed E-state index contributed by atoms with van der Waals surface area (Å²) in [5.74, 6) is -0.0247. The second-order valence-electron chi connectivity index (χ2n) is 3.93. The molecule has 0 spiro atoms. The molecule has 3 aromatic rings. The van der Waals surface area contributed by atoms with Gasteiger partial charge in [0.15, 0.2) is 0 Å². The van der Waals surface area contributed by atoms with Gasteiger partial charge >= 0.3 is 0 Å². The van der Waals surface area contributed by atoms with Crippen LogP contribution in [0.3, 0.4) is 0 Å². The summed E-state index contributed by atoms with van der Waals surface area (Å²) < 4.78 is 2.61. The van der Waals surface area contributed by atoms with E-state index in [0.717, 1.165) is 9.47 Å². The van der Waals surface area contributed by atoms with E-state index >= 15 is 0 Å². The van der Waals surface area contributed by atoms with Crippen molar-refractivity contribution in [3.8, 4) is 5.69 Å². The van der Waals surface area contributed by atoms with Crippen LogP contribution in [-0.4, -0.2) is 15.6 Å². The van der Waals surface area contributed by atoms with Crippen LogP contribution >= 0.6 is 27.3 Å². The van der Waals surface area contributed by atoms with Gasteiger partial charge in [-0.15, -0.1) is 11.3 Å². The molecule has 3 nitrogen and oxygen atoms in total. The number of para-hydroxylation sites is 1. The molecular weight excluding hydrogens is 324 g/mol. The monoisotopic (exact) mass is 332 g/mol. The van der Waals surface area contributed by atoms with Crippen molar-refractivity contribution in [2.75, 3.05) is 0 Å². The lowest BCUT2D eigenvalue weighted by molar-refractivity contribution is 0.103. The minimum absolute atomic E-state index is 0.0247. The number of hydrogen-bond acceptors (Lipinski definition) is 3. The zero-order chi connectivity index (χ0) is 13.2. The molecule has 0 saturated heterocycles. The Kier molecular flexibility index (Phi) is 3.31. The molecule has 19 heavy (non-hydrogen) atoms. The number of ketones is 1. The maximum Gasteiger partial charge on any atom is 0.212 e. The summed E-state index contributed by atoms with van der Waals surface area (Å²) in [7, 11) is 0. The Morgan fingerprint density at radius 1 is 1.21 bits per heavy atom. The third-order valence-corrected chi connectivity index (χ3v) is 4.21. The molecule has 0 aliphatic rings. The van der Waals surface area contributed by atoms with Crippen molar-refractivity contribution in [3.05, 3.63) is 69.1 Å². The highest BCUT2D eigenvalue weighted by atomic mass is 79.9. The molecule has 1 aromatic carbocycles. The van der Waals surface area contributed by atoms with Gasteiger partial charge in [-0.2, -0.15) is 5.10 Å². The van der Waals surface area contributed by atoms with Crippen LogP contribution in [0, 0.1) is 0 Å². The lowest BCUT2D eigenvalue weighted by atomic mass is 10.1. The Labute approximate surface area is 122 Å². The van der Waals surface area contributed by atoms with Gasteiger partial charge in [-0.05, 0) is 40.2 Å². The molecule has 0 fully saturated rings. The zero-order valence-electron chi connectivity index (χ0n) is 9.79. The van der Waals surface area contributed by atoms with Crippen LogP contribution in [-0.2, 0) is 0 Å². The first-order valence-corrected chi connectivity index (χ1v) is 7.31. The summed E-state index contributed by atoms with van der Waals surface area (Å²) in [6, 6.07) is 13.2.